The Hall–Kier alpha value is -1.45. The zero-order valence-corrected chi connectivity index (χ0v) is 10.4. The zero-order chi connectivity index (χ0) is 12.2. The van der Waals surface area contributed by atoms with E-state index in [0.29, 0.717) is 6.04 Å². The number of nitrogens with zero attached hydrogens (tertiary/aromatic N) is 1. The van der Waals surface area contributed by atoms with Crippen molar-refractivity contribution in [1.82, 2.24) is 10.3 Å². The quantitative estimate of drug-likeness (QED) is 0.898. The van der Waals surface area contributed by atoms with Crippen LogP contribution >= 0.6 is 0 Å². The van der Waals surface area contributed by atoms with Crippen LogP contribution in [-0.4, -0.2) is 24.2 Å². The number of benzene rings is 1. The number of rotatable bonds is 3. The van der Waals surface area contributed by atoms with Crippen LogP contribution in [0.4, 0.5) is 0 Å². The first-order valence-electron chi connectivity index (χ1n) is 6.57. The third kappa shape index (κ3) is 2.68. The predicted molar refractivity (Wildman–Crippen MR) is 72.4 cm³/mol. The molecular formula is C15H18N2O. The van der Waals surface area contributed by atoms with Crippen molar-refractivity contribution >= 4 is 10.9 Å². The molecule has 1 aromatic carbocycles. The van der Waals surface area contributed by atoms with E-state index in [1.165, 1.54) is 5.39 Å². The van der Waals surface area contributed by atoms with E-state index in [2.05, 4.69) is 34.6 Å². The molecular weight excluding hydrogens is 224 g/mol. The first kappa shape index (κ1) is 11.6. The van der Waals surface area contributed by atoms with Crippen LogP contribution in [0.3, 0.4) is 0 Å². The minimum absolute atomic E-state index is 0.576. The number of fused-ring (bicyclic) bond motifs is 1. The highest BCUT2D eigenvalue weighted by atomic mass is 16.5. The number of hydrogen-bond acceptors (Lipinski definition) is 3. The first-order valence-corrected chi connectivity index (χ1v) is 6.57. The lowest BCUT2D eigenvalue weighted by Gasteiger charge is -2.23. The van der Waals surface area contributed by atoms with Crippen molar-refractivity contribution in [3.8, 4) is 0 Å². The van der Waals surface area contributed by atoms with E-state index in [1.807, 2.05) is 12.1 Å². The highest BCUT2D eigenvalue weighted by Gasteiger charge is 2.12. The SMILES string of the molecule is c1ccc2nc(CNC3CCOCC3)ccc2c1. The Labute approximate surface area is 107 Å². The summed E-state index contributed by atoms with van der Waals surface area (Å²) in [6.45, 7) is 2.60. The molecule has 0 bridgehead atoms. The molecule has 0 unspecified atom stereocenters. The minimum Gasteiger partial charge on any atom is -0.381 e. The van der Waals surface area contributed by atoms with Crippen LogP contribution in [0.2, 0.25) is 0 Å². The van der Waals surface area contributed by atoms with E-state index in [9.17, 15) is 0 Å². The van der Waals surface area contributed by atoms with Crippen LogP contribution < -0.4 is 5.32 Å². The molecule has 2 aromatic rings. The highest BCUT2D eigenvalue weighted by Crippen LogP contribution is 2.12. The molecule has 1 saturated heterocycles. The van der Waals surface area contributed by atoms with E-state index in [1.54, 1.807) is 0 Å². The molecule has 0 aliphatic carbocycles. The lowest BCUT2D eigenvalue weighted by atomic mass is 10.1. The number of hydrogen-bond donors (Lipinski definition) is 1. The second kappa shape index (κ2) is 5.46. The second-order valence-corrected chi connectivity index (χ2v) is 4.76. The van der Waals surface area contributed by atoms with Crippen molar-refractivity contribution in [3.63, 3.8) is 0 Å². The summed E-state index contributed by atoms with van der Waals surface area (Å²) in [5, 5.41) is 4.76. The summed E-state index contributed by atoms with van der Waals surface area (Å²) < 4.78 is 5.35. The van der Waals surface area contributed by atoms with Crippen molar-refractivity contribution in [1.29, 1.82) is 0 Å². The topological polar surface area (TPSA) is 34.2 Å². The van der Waals surface area contributed by atoms with Gasteiger partial charge in [-0.3, -0.25) is 4.98 Å². The number of nitrogens with one attached hydrogen (secondary N) is 1. The van der Waals surface area contributed by atoms with E-state index in [0.717, 1.165) is 43.8 Å². The van der Waals surface area contributed by atoms with Gasteiger partial charge in [0.05, 0.1) is 11.2 Å². The summed E-state index contributed by atoms with van der Waals surface area (Å²) >= 11 is 0. The highest BCUT2D eigenvalue weighted by molar-refractivity contribution is 5.78. The monoisotopic (exact) mass is 242 g/mol. The zero-order valence-electron chi connectivity index (χ0n) is 10.4. The smallest absolute Gasteiger partial charge is 0.0705 e. The molecule has 3 nitrogen and oxygen atoms in total. The lowest BCUT2D eigenvalue weighted by Crippen LogP contribution is -2.34. The Morgan fingerprint density at radius 2 is 1.94 bits per heavy atom. The van der Waals surface area contributed by atoms with Crippen LogP contribution in [0.5, 0.6) is 0 Å². The van der Waals surface area contributed by atoms with Gasteiger partial charge in [-0.05, 0) is 25.0 Å². The van der Waals surface area contributed by atoms with Gasteiger partial charge in [0.25, 0.3) is 0 Å². The number of pyridine rings is 1. The standard InChI is InChI=1S/C15H18N2O/c1-2-4-15-12(3-1)5-6-14(17-15)11-16-13-7-9-18-10-8-13/h1-6,13,16H,7-11H2. The summed E-state index contributed by atoms with van der Waals surface area (Å²) in [7, 11) is 0. The van der Waals surface area contributed by atoms with Gasteiger partial charge in [-0.1, -0.05) is 24.3 Å². The van der Waals surface area contributed by atoms with Crippen molar-refractivity contribution in [2.45, 2.75) is 25.4 Å². The Morgan fingerprint density at radius 1 is 1.11 bits per heavy atom. The van der Waals surface area contributed by atoms with E-state index < -0.39 is 0 Å². The third-order valence-electron chi connectivity index (χ3n) is 3.45. The number of aromatic nitrogens is 1. The number of ether oxygens (including phenoxy) is 1. The average Bonchev–Trinajstić information content (AvgIpc) is 2.46. The molecule has 0 amide bonds. The van der Waals surface area contributed by atoms with Crippen LogP contribution in [0.25, 0.3) is 10.9 Å². The average molecular weight is 242 g/mol. The molecule has 18 heavy (non-hydrogen) atoms. The maximum Gasteiger partial charge on any atom is 0.0705 e. The molecule has 0 spiro atoms. The molecule has 3 rings (SSSR count). The van der Waals surface area contributed by atoms with Crippen LogP contribution in [-0.2, 0) is 11.3 Å². The molecule has 1 fully saturated rings. The molecule has 0 radical (unpaired) electrons. The summed E-state index contributed by atoms with van der Waals surface area (Å²) in [5.74, 6) is 0. The van der Waals surface area contributed by atoms with Gasteiger partial charge in [-0.15, -0.1) is 0 Å². The second-order valence-electron chi connectivity index (χ2n) is 4.76. The Balaban J connectivity index is 1.66. The van der Waals surface area contributed by atoms with Crippen LogP contribution in [0, 0.1) is 0 Å². The van der Waals surface area contributed by atoms with Crippen molar-refractivity contribution in [3.05, 3.63) is 42.1 Å². The molecule has 94 valence electrons. The molecule has 3 heteroatoms. The molecule has 2 heterocycles. The molecule has 0 saturated carbocycles. The molecule has 1 N–H and O–H groups in total. The van der Waals surface area contributed by atoms with Gasteiger partial charge >= 0.3 is 0 Å². The summed E-state index contributed by atoms with van der Waals surface area (Å²) in [6.07, 6.45) is 2.21. The molecule has 0 atom stereocenters. The largest absolute Gasteiger partial charge is 0.381 e. The van der Waals surface area contributed by atoms with Gasteiger partial charge in [0.1, 0.15) is 0 Å². The van der Waals surface area contributed by atoms with Crippen molar-refractivity contribution < 1.29 is 4.74 Å². The maximum absolute atomic E-state index is 5.35. The third-order valence-corrected chi connectivity index (χ3v) is 3.45. The Bertz CT molecular complexity index is 521. The van der Waals surface area contributed by atoms with Gasteiger partial charge in [-0.2, -0.15) is 0 Å². The normalized spacial score (nSPS) is 17.1. The van der Waals surface area contributed by atoms with Crippen LogP contribution in [0.15, 0.2) is 36.4 Å². The van der Waals surface area contributed by atoms with Gasteiger partial charge in [0, 0.05) is 31.2 Å². The summed E-state index contributed by atoms with van der Waals surface area (Å²) in [6, 6.07) is 13.1. The molecule has 1 aliphatic rings. The first-order chi connectivity index (χ1) is 8.92. The molecule has 1 aliphatic heterocycles. The fraction of sp³-hybridized carbons (Fsp3) is 0.400. The minimum atomic E-state index is 0.576. The van der Waals surface area contributed by atoms with Gasteiger partial charge in [-0.25, -0.2) is 0 Å². The van der Waals surface area contributed by atoms with Crippen molar-refractivity contribution in [2.75, 3.05) is 13.2 Å². The predicted octanol–water partition coefficient (Wildman–Crippen LogP) is 2.50. The molecule has 1 aromatic heterocycles. The fourth-order valence-corrected chi connectivity index (χ4v) is 2.36. The van der Waals surface area contributed by atoms with Crippen LogP contribution in [0.1, 0.15) is 18.5 Å². The van der Waals surface area contributed by atoms with E-state index in [4.69, 9.17) is 4.74 Å². The Kier molecular flexibility index (Phi) is 3.53. The van der Waals surface area contributed by atoms with Gasteiger partial charge in [0.2, 0.25) is 0 Å². The summed E-state index contributed by atoms with van der Waals surface area (Å²) in [4.78, 5) is 4.67. The maximum atomic E-state index is 5.35. The Morgan fingerprint density at radius 3 is 2.83 bits per heavy atom. The lowest BCUT2D eigenvalue weighted by molar-refractivity contribution is 0.0775. The van der Waals surface area contributed by atoms with Gasteiger partial charge < -0.3 is 10.1 Å². The van der Waals surface area contributed by atoms with E-state index in [-0.39, 0.29) is 0 Å². The van der Waals surface area contributed by atoms with Gasteiger partial charge in [0.15, 0.2) is 0 Å². The van der Waals surface area contributed by atoms with E-state index >= 15 is 0 Å². The van der Waals surface area contributed by atoms with Crippen molar-refractivity contribution in [2.24, 2.45) is 0 Å². The fourth-order valence-electron chi connectivity index (χ4n) is 2.36. The number of para-hydroxylation sites is 1. The summed E-state index contributed by atoms with van der Waals surface area (Å²) in [5.41, 5.74) is 2.18.